The molecule has 0 bridgehead atoms. The fourth-order valence-corrected chi connectivity index (χ4v) is 2.74. The van der Waals surface area contributed by atoms with E-state index in [9.17, 15) is 0 Å². The SMILES string of the molecule is COC1=CC=C(c2ccc(C)c3ccccc23)CC1. The highest BCUT2D eigenvalue weighted by molar-refractivity contribution is 5.96. The van der Waals surface area contributed by atoms with Gasteiger partial charge in [0, 0.05) is 6.42 Å². The van der Waals surface area contributed by atoms with Crippen LogP contribution in [-0.4, -0.2) is 7.11 Å². The Labute approximate surface area is 114 Å². The molecule has 0 unspecified atom stereocenters. The maximum atomic E-state index is 5.30. The van der Waals surface area contributed by atoms with Crippen LogP contribution in [0.3, 0.4) is 0 Å². The van der Waals surface area contributed by atoms with Gasteiger partial charge >= 0.3 is 0 Å². The predicted octanol–water partition coefficient (Wildman–Crippen LogP) is 4.86. The number of fused-ring (bicyclic) bond motifs is 1. The molecule has 0 aromatic heterocycles. The summed E-state index contributed by atoms with van der Waals surface area (Å²) in [5.41, 5.74) is 4.09. The molecule has 0 saturated heterocycles. The summed E-state index contributed by atoms with van der Waals surface area (Å²) >= 11 is 0. The Morgan fingerprint density at radius 2 is 1.68 bits per heavy atom. The summed E-state index contributed by atoms with van der Waals surface area (Å²) in [7, 11) is 1.74. The van der Waals surface area contributed by atoms with Crippen molar-refractivity contribution < 1.29 is 4.74 Å². The van der Waals surface area contributed by atoms with Crippen molar-refractivity contribution >= 4 is 16.3 Å². The third-order valence-corrected chi connectivity index (χ3v) is 3.86. The van der Waals surface area contributed by atoms with Gasteiger partial charge in [-0.1, -0.05) is 42.5 Å². The van der Waals surface area contributed by atoms with Gasteiger partial charge in [-0.15, -0.1) is 0 Å². The van der Waals surface area contributed by atoms with Gasteiger partial charge in [0.25, 0.3) is 0 Å². The molecule has 0 spiro atoms. The maximum absolute atomic E-state index is 5.30. The Balaban J connectivity index is 2.14. The maximum Gasteiger partial charge on any atom is 0.0958 e. The molecule has 2 aromatic rings. The van der Waals surface area contributed by atoms with E-state index < -0.39 is 0 Å². The van der Waals surface area contributed by atoms with E-state index in [-0.39, 0.29) is 0 Å². The Morgan fingerprint density at radius 1 is 0.895 bits per heavy atom. The smallest absolute Gasteiger partial charge is 0.0958 e. The molecule has 3 rings (SSSR count). The zero-order valence-corrected chi connectivity index (χ0v) is 11.4. The molecule has 0 atom stereocenters. The van der Waals surface area contributed by atoms with Crippen molar-refractivity contribution in [2.75, 3.05) is 7.11 Å². The van der Waals surface area contributed by atoms with Crippen LogP contribution >= 0.6 is 0 Å². The minimum atomic E-state index is 0.991. The molecule has 0 radical (unpaired) electrons. The summed E-state index contributed by atoms with van der Waals surface area (Å²) < 4.78 is 5.30. The molecule has 0 fully saturated rings. The number of hydrogen-bond acceptors (Lipinski definition) is 1. The van der Waals surface area contributed by atoms with Gasteiger partial charge in [-0.05, 0) is 46.9 Å². The van der Waals surface area contributed by atoms with Gasteiger partial charge in [0.05, 0.1) is 12.9 Å². The number of benzene rings is 2. The van der Waals surface area contributed by atoms with Crippen molar-refractivity contribution in [3.05, 3.63) is 65.4 Å². The van der Waals surface area contributed by atoms with Crippen molar-refractivity contribution in [1.82, 2.24) is 0 Å². The Kier molecular flexibility index (Phi) is 3.12. The normalized spacial score (nSPS) is 15.1. The molecule has 19 heavy (non-hydrogen) atoms. The molecule has 1 aliphatic rings. The van der Waals surface area contributed by atoms with E-state index in [0.29, 0.717) is 0 Å². The van der Waals surface area contributed by atoms with Gasteiger partial charge in [0.2, 0.25) is 0 Å². The van der Waals surface area contributed by atoms with Gasteiger partial charge in [0.15, 0.2) is 0 Å². The standard InChI is InChI=1S/C18H18O/c1-13-7-12-17(18-6-4-3-5-16(13)18)14-8-10-15(19-2)11-9-14/h3-8,10,12H,9,11H2,1-2H3. The molecule has 2 aromatic carbocycles. The number of ether oxygens (including phenoxy) is 1. The monoisotopic (exact) mass is 250 g/mol. The lowest BCUT2D eigenvalue weighted by atomic mass is 9.91. The quantitative estimate of drug-likeness (QED) is 0.740. The molecule has 1 heteroatoms. The second kappa shape index (κ2) is 4.93. The van der Waals surface area contributed by atoms with Crippen LogP contribution < -0.4 is 0 Å². The van der Waals surface area contributed by atoms with Crippen LogP contribution in [0.25, 0.3) is 16.3 Å². The van der Waals surface area contributed by atoms with Crippen LogP contribution in [0, 0.1) is 6.92 Å². The average Bonchev–Trinajstić information content (AvgIpc) is 2.48. The second-order valence-electron chi connectivity index (χ2n) is 5.00. The second-order valence-corrected chi connectivity index (χ2v) is 5.00. The highest BCUT2D eigenvalue weighted by atomic mass is 16.5. The minimum Gasteiger partial charge on any atom is -0.501 e. The summed E-state index contributed by atoms with van der Waals surface area (Å²) in [6.45, 7) is 2.17. The van der Waals surface area contributed by atoms with Crippen LogP contribution in [0.1, 0.15) is 24.0 Å². The summed E-state index contributed by atoms with van der Waals surface area (Å²) in [6, 6.07) is 13.1. The third kappa shape index (κ3) is 2.17. The van der Waals surface area contributed by atoms with Crippen LogP contribution in [0.2, 0.25) is 0 Å². The molecular formula is C18H18O. The lowest BCUT2D eigenvalue weighted by molar-refractivity contribution is 0.277. The molecule has 0 N–H and O–H groups in total. The highest BCUT2D eigenvalue weighted by Gasteiger charge is 2.11. The van der Waals surface area contributed by atoms with E-state index in [1.54, 1.807) is 7.11 Å². The number of allylic oxidation sites excluding steroid dienone is 4. The number of rotatable bonds is 2. The first-order valence-electron chi connectivity index (χ1n) is 6.72. The lowest BCUT2D eigenvalue weighted by Gasteiger charge is -2.16. The largest absolute Gasteiger partial charge is 0.501 e. The Hall–Kier alpha value is -2.02. The van der Waals surface area contributed by atoms with E-state index in [1.807, 2.05) is 0 Å². The van der Waals surface area contributed by atoms with E-state index in [2.05, 4.69) is 55.5 Å². The zero-order chi connectivity index (χ0) is 13.2. The predicted molar refractivity (Wildman–Crippen MR) is 81.0 cm³/mol. The number of hydrogen-bond donors (Lipinski definition) is 0. The number of methoxy groups -OCH3 is 1. The zero-order valence-electron chi connectivity index (χ0n) is 11.4. The van der Waals surface area contributed by atoms with Gasteiger partial charge in [0.1, 0.15) is 0 Å². The van der Waals surface area contributed by atoms with Crippen molar-refractivity contribution in [1.29, 1.82) is 0 Å². The molecule has 96 valence electrons. The molecular weight excluding hydrogens is 232 g/mol. The summed E-state index contributed by atoms with van der Waals surface area (Å²) in [5.74, 6) is 1.07. The van der Waals surface area contributed by atoms with Gasteiger partial charge in [-0.25, -0.2) is 0 Å². The summed E-state index contributed by atoms with van der Waals surface area (Å²) in [4.78, 5) is 0. The summed E-state index contributed by atoms with van der Waals surface area (Å²) in [6.07, 6.45) is 6.32. The van der Waals surface area contributed by atoms with Crippen LogP contribution in [0.15, 0.2) is 54.3 Å². The molecule has 1 aliphatic carbocycles. The first kappa shape index (κ1) is 12.0. The average molecular weight is 250 g/mol. The third-order valence-electron chi connectivity index (χ3n) is 3.86. The number of aryl methyl sites for hydroxylation is 1. The molecule has 0 saturated carbocycles. The highest BCUT2D eigenvalue weighted by Crippen LogP contribution is 2.32. The molecule has 0 amide bonds. The van der Waals surface area contributed by atoms with E-state index >= 15 is 0 Å². The fraction of sp³-hybridized carbons (Fsp3) is 0.222. The van der Waals surface area contributed by atoms with Crippen molar-refractivity contribution in [2.24, 2.45) is 0 Å². The topological polar surface area (TPSA) is 9.23 Å². The first-order chi connectivity index (χ1) is 9.29. The molecule has 0 heterocycles. The minimum absolute atomic E-state index is 0.991. The molecule has 1 nitrogen and oxygen atoms in total. The van der Waals surface area contributed by atoms with Crippen LogP contribution in [-0.2, 0) is 4.74 Å². The van der Waals surface area contributed by atoms with Crippen molar-refractivity contribution in [3.63, 3.8) is 0 Å². The van der Waals surface area contributed by atoms with Crippen molar-refractivity contribution in [3.8, 4) is 0 Å². The van der Waals surface area contributed by atoms with E-state index in [1.165, 1.54) is 27.5 Å². The summed E-state index contributed by atoms with van der Waals surface area (Å²) in [5, 5.41) is 2.70. The van der Waals surface area contributed by atoms with Gasteiger partial charge < -0.3 is 4.74 Å². The Morgan fingerprint density at radius 3 is 2.37 bits per heavy atom. The van der Waals surface area contributed by atoms with Crippen LogP contribution in [0.5, 0.6) is 0 Å². The lowest BCUT2D eigenvalue weighted by Crippen LogP contribution is -1.96. The Bertz CT molecular complexity index is 677. The van der Waals surface area contributed by atoms with Gasteiger partial charge in [-0.3, -0.25) is 0 Å². The van der Waals surface area contributed by atoms with Crippen LogP contribution in [0.4, 0.5) is 0 Å². The fourth-order valence-electron chi connectivity index (χ4n) is 2.74. The first-order valence-corrected chi connectivity index (χ1v) is 6.72. The van der Waals surface area contributed by atoms with E-state index in [4.69, 9.17) is 4.74 Å². The van der Waals surface area contributed by atoms with E-state index in [0.717, 1.165) is 18.6 Å². The van der Waals surface area contributed by atoms with Crippen molar-refractivity contribution in [2.45, 2.75) is 19.8 Å². The molecule has 0 aliphatic heterocycles. The van der Waals surface area contributed by atoms with Gasteiger partial charge in [-0.2, -0.15) is 0 Å².